The number of amides is 2. The number of nitrogens with one attached hydrogen (secondary N) is 2. The molecule has 1 saturated carbocycles. The number of hydrogen-bond acceptors (Lipinski definition) is 3. The first-order chi connectivity index (χ1) is 9.22. The maximum absolute atomic E-state index is 11.9. The summed E-state index contributed by atoms with van der Waals surface area (Å²) in [5, 5.41) is 14.9. The van der Waals surface area contributed by atoms with E-state index < -0.39 is 0 Å². The first-order valence-electron chi connectivity index (χ1n) is 6.55. The molecule has 3 N–H and O–H groups in total. The Bertz CT molecular complexity index is 436. The lowest BCUT2D eigenvalue weighted by Gasteiger charge is -2.19. The molecule has 1 fully saturated rings. The zero-order chi connectivity index (χ0) is 13.7. The second kappa shape index (κ2) is 6.43. The second-order valence-corrected chi connectivity index (χ2v) is 4.81. The Kier molecular flexibility index (Phi) is 4.63. The van der Waals surface area contributed by atoms with Crippen LogP contribution in [0, 0.1) is 5.92 Å². The minimum atomic E-state index is -0.237. The van der Waals surface area contributed by atoms with Crippen LogP contribution in [0.1, 0.15) is 19.3 Å². The van der Waals surface area contributed by atoms with Gasteiger partial charge in [0.25, 0.3) is 0 Å². The average Bonchev–Trinajstić information content (AvgIpc) is 2.86. The van der Waals surface area contributed by atoms with E-state index in [9.17, 15) is 9.90 Å². The van der Waals surface area contributed by atoms with Crippen LogP contribution in [0.15, 0.2) is 24.3 Å². The number of carbonyl (C=O) groups is 1. The van der Waals surface area contributed by atoms with Gasteiger partial charge in [-0.25, -0.2) is 4.79 Å². The molecule has 5 nitrogen and oxygen atoms in total. The number of benzene rings is 1. The number of urea groups is 1. The Morgan fingerprint density at radius 1 is 1.47 bits per heavy atom. The molecule has 1 aromatic carbocycles. The van der Waals surface area contributed by atoms with Crippen molar-refractivity contribution in [3.8, 4) is 5.75 Å². The molecule has 2 unspecified atom stereocenters. The monoisotopic (exact) mass is 264 g/mol. The van der Waals surface area contributed by atoms with Crippen LogP contribution >= 0.6 is 0 Å². The van der Waals surface area contributed by atoms with Crippen LogP contribution in [0.4, 0.5) is 10.5 Å². The molecule has 0 aromatic heterocycles. The topological polar surface area (TPSA) is 70.6 Å². The molecule has 5 heteroatoms. The number of aliphatic hydroxyl groups is 1. The van der Waals surface area contributed by atoms with Crippen molar-refractivity contribution in [2.45, 2.75) is 25.3 Å². The highest BCUT2D eigenvalue weighted by atomic mass is 16.5. The molecule has 1 aliphatic carbocycles. The number of carbonyl (C=O) groups excluding carboxylic acids is 1. The molecule has 0 saturated heterocycles. The zero-order valence-corrected chi connectivity index (χ0v) is 11.1. The highest BCUT2D eigenvalue weighted by molar-refractivity contribution is 5.89. The molecule has 0 aliphatic heterocycles. The van der Waals surface area contributed by atoms with Crippen molar-refractivity contribution in [1.82, 2.24) is 5.32 Å². The van der Waals surface area contributed by atoms with Crippen molar-refractivity contribution in [3.05, 3.63) is 24.3 Å². The molecule has 0 heterocycles. The first kappa shape index (κ1) is 13.7. The van der Waals surface area contributed by atoms with E-state index >= 15 is 0 Å². The lowest BCUT2D eigenvalue weighted by atomic mass is 10.1. The van der Waals surface area contributed by atoms with Crippen LogP contribution in [0.5, 0.6) is 5.75 Å². The van der Waals surface area contributed by atoms with Crippen molar-refractivity contribution in [2.24, 2.45) is 5.92 Å². The van der Waals surface area contributed by atoms with Crippen LogP contribution in [0.3, 0.4) is 0 Å². The predicted octanol–water partition coefficient (Wildman–Crippen LogP) is 1.98. The van der Waals surface area contributed by atoms with Gasteiger partial charge in [-0.3, -0.25) is 0 Å². The van der Waals surface area contributed by atoms with Gasteiger partial charge in [0, 0.05) is 30.3 Å². The van der Waals surface area contributed by atoms with E-state index in [1.807, 2.05) is 12.1 Å². The highest BCUT2D eigenvalue weighted by Gasteiger charge is 2.27. The van der Waals surface area contributed by atoms with E-state index in [1.165, 1.54) is 0 Å². The summed E-state index contributed by atoms with van der Waals surface area (Å²) in [7, 11) is 1.59. The molecule has 19 heavy (non-hydrogen) atoms. The fourth-order valence-corrected chi connectivity index (χ4v) is 2.48. The number of rotatable bonds is 4. The molecular formula is C14H20N2O3. The van der Waals surface area contributed by atoms with Gasteiger partial charge in [-0.15, -0.1) is 0 Å². The van der Waals surface area contributed by atoms with Gasteiger partial charge in [0.1, 0.15) is 5.75 Å². The molecule has 2 atom stereocenters. The van der Waals surface area contributed by atoms with Crippen molar-refractivity contribution in [2.75, 3.05) is 19.0 Å². The Morgan fingerprint density at radius 2 is 2.32 bits per heavy atom. The van der Waals surface area contributed by atoms with Crippen LogP contribution in [0.25, 0.3) is 0 Å². The van der Waals surface area contributed by atoms with Crippen LogP contribution in [0.2, 0.25) is 0 Å². The normalized spacial score (nSPS) is 22.0. The van der Waals surface area contributed by atoms with Crippen LogP contribution < -0.4 is 15.4 Å². The van der Waals surface area contributed by atoms with Crippen molar-refractivity contribution in [3.63, 3.8) is 0 Å². The quantitative estimate of drug-likeness (QED) is 0.778. The van der Waals surface area contributed by atoms with E-state index in [1.54, 1.807) is 19.2 Å². The van der Waals surface area contributed by atoms with Gasteiger partial charge in [0.2, 0.25) is 0 Å². The van der Waals surface area contributed by atoms with Gasteiger partial charge in [-0.05, 0) is 25.0 Å². The van der Waals surface area contributed by atoms with Crippen molar-refractivity contribution in [1.29, 1.82) is 0 Å². The third kappa shape index (κ3) is 3.61. The summed E-state index contributed by atoms with van der Waals surface area (Å²) >= 11 is 0. The summed E-state index contributed by atoms with van der Waals surface area (Å²) in [4.78, 5) is 11.9. The van der Waals surface area contributed by atoms with Crippen molar-refractivity contribution >= 4 is 11.7 Å². The Labute approximate surface area is 113 Å². The second-order valence-electron chi connectivity index (χ2n) is 4.81. The van der Waals surface area contributed by atoms with Gasteiger partial charge in [0.15, 0.2) is 0 Å². The fourth-order valence-electron chi connectivity index (χ4n) is 2.48. The number of aliphatic hydroxyl groups excluding tert-OH is 1. The number of methoxy groups -OCH3 is 1. The van der Waals surface area contributed by atoms with Gasteiger partial charge in [-0.2, -0.15) is 0 Å². The van der Waals surface area contributed by atoms with E-state index in [2.05, 4.69) is 10.6 Å². The third-order valence-corrected chi connectivity index (χ3v) is 3.54. The lowest BCUT2D eigenvalue weighted by molar-refractivity contribution is 0.203. The molecule has 2 amide bonds. The average molecular weight is 264 g/mol. The Balaban J connectivity index is 1.90. The summed E-state index contributed by atoms with van der Waals surface area (Å²) in [6, 6.07) is 7.04. The minimum absolute atomic E-state index is 0.0654. The van der Waals surface area contributed by atoms with E-state index in [0.29, 0.717) is 11.4 Å². The maximum atomic E-state index is 11.9. The largest absolute Gasteiger partial charge is 0.497 e. The van der Waals surface area contributed by atoms with Crippen LogP contribution in [-0.2, 0) is 0 Å². The molecule has 0 spiro atoms. The summed E-state index contributed by atoms with van der Waals surface area (Å²) < 4.78 is 5.10. The highest BCUT2D eigenvalue weighted by Crippen LogP contribution is 2.25. The Morgan fingerprint density at radius 3 is 3.05 bits per heavy atom. The van der Waals surface area contributed by atoms with Crippen molar-refractivity contribution < 1.29 is 14.6 Å². The third-order valence-electron chi connectivity index (χ3n) is 3.54. The molecular weight excluding hydrogens is 244 g/mol. The number of hydrogen-bond donors (Lipinski definition) is 3. The molecule has 0 radical (unpaired) electrons. The van der Waals surface area contributed by atoms with Crippen LogP contribution in [-0.4, -0.2) is 30.9 Å². The summed E-state index contributed by atoms with van der Waals surface area (Å²) in [6.45, 7) is 0.129. The zero-order valence-electron chi connectivity index (χ0n) is 11.1. The summed E-state index contributed by atoms with van der Waals surface area (Å²) in [5.74, 6) is 0.878. The first-order valence-corrected chi connectivity index (χ1v) is 6.55. The smallest absolute Gasteiger partial charge is 0.319 e. The molecule has 1 aliphatic rings. The molecule has 2 rings (SSSR count). The van der Waals surface area contributed by atoms with E-state index in [-0.39, 0.29) is 24.6 Å². The molecule has 1 aromatic rings. The fraction of sp³-hybridized carbons (Fsp3) is 0.500. The molecule has 0 bridgehead atoms. The predicted molar refractivity (Wildman–Crippen MR) is 73.4 cm³/mol. The van der Waals surface area contributed by atoms with Gasteiger partial charge < -0.3 is 20.5 Å². The Hall–Kier alpha value is -1.75. The summed E-state index contributed by atoms with van der Waals surface area (Å²) in [6.07, 6.45) is 2.95. The van der Waals surface area contributed by atoms with Gasteiger partial charge in [0.05, 0.1) is 7.11 Å². The van der Waals surface area contributed by atoms with E-state index in [0.717, 1.165) is 19.3 Å². The van der Waals surface area contributed by atoms with Gasteiger partial charge in [-0.1, -0.05) is 12.5 Å². The standard InChI is InChI=1S/C14H20N2O3/c1-19-12-6-3-5-11(8-12)15-14(18)16-13-7-2-4-10(13)9-17/h3,5-6,8,10,13,17H,2,4,7,9H2,1H3,(H2,15,16,18). The summed E-state index contributed by atoms with van der Waals surface area (Å²) in [5.41, 5.74) is 0.690. The number of anilines is 1. The maximum Gasteiger partial charge on any atom is 0.319 e. The molecule has 104 valence electrons. The SMILES string of the molecule is COc1cccc(NC(=O)NC2CCCC2CO)c1. The lowest BCUT2D eigenvalue weighted by Crippen LogP contribution is -2.41. The number of ether oxygens (including phenoxy) is 1. The minimum Gasteiger partial charge on any atom is -0.497 e. The van der Waals surface area contributed by atoms with Gasteiger partial charge >= 0.3 is 6.03 Å². The van der Waals surface area contributed by atoms with E-state index in [4.69, 9.17) is 4.74 Å².